The van der Waals surface area contributed by atoms with Gasteiger partial charge >= 0.3 is 5.63 Å². The Morgan fingerprint density at radius 3 is 2.39 bits per heavy atom. The maximum absolute atomic E-state index is 12.8. The molecule has 0 unspecified atom stereocenters. The number of carbonyl (C=O) groups excluding carboxylic acids is 1. The van der Waals surface area contributed by atoms with Crippen molar-refractivity contribution >= 4 is 5.78 Å². The molecule has 1 spiro atoms. The van der Waals surface area contributed by atoms with Crippen molar-refractivity contribution in [1.82, 2.24) is 0 Å². The molecule has 0 N–H and O–H groups in total. The van der Waals surface area contributed by atoms with Crippen molar-refractivity contribution in [3.8, 4) is 5.75 Å². The fourth-order valence-electron chi connectivity index (χ4n) is 8.43. The molecule has 4 heteroatoms. The summed E-state index contributed by atoms with van der Waals surface area (Å²) in [4.78, 5) is 25.6. The first-order valence-electron chi connectivity index (χ1n) is 11.9. The summed E-state index contributed by atoms with van der Waals surface area (Å²) in [7, 11) is 0. The topological polar surface area (TPSA) is 56.5 Å². The van der Waals surface area contributed by atoms with Gasteiger partial charge in [0.05, 0.1) is 5.56 Å². The lowest BCUT2D eigenvalue weighted by Crippen LogP contribution is -2.66. The second-order valence-corrected chi connectivity index (χ2v) is 11.8. The number of hydrogen-bond acceptors (Lipinski definition) is 4. The fraction of sp³-hybridized carbons (Fsp3) is 0.704. The van der Waals surface area contributed by atoms with Crippen LogP contribution in [0.25, 0.3) is 0 Å². The number of hydrogen-bond donors (Lipinski definition) is 0. The Morgan fingerprint density at radius 1 is 0.968 bits per heavy atom. The number of ketones is 1. The highest BCUT2D eigenvalue weighted by Gasteiger charge is 2.69. The van der Waals surface area contributed by atoms with Crippen molar-refractivity contribution in [3.05, 3.63) is 39.5 Å². The number of aryl methyl sites for hydroxylation is 1. The second kappa shape index (κ2) is 6.14. The lowest BCUT2D eigenvalue weighted by molar-refractivity contribution is -0.192. The normalized spacial score (nSPS) is 40.8. The van der Waals surface area contributed by atoms with Crippen LogP contribution in [0, 0.1) is 41.9 Å². The van der Waals surface area contributed by atoms with Crippen molar-refractivity contribution in [1.29, 1.82) is 0 Å². The van der Waals surface area contributed by atoms with Gasteiger partial charge in [-0.15, -0.1) is 0 Å². The van der Waals surface area contributed by atoms with Gasteiger partial charge in [0.25, 0.3) is 0 Å². The van der Waals surface area contributed by atoms with Gasteiger partial charge in [-0.2, -0.15) is 0 Å². The first-order chi connectivity index (χ1) is 14.4. The molecule has 168 valence electrons. The third kappa shape index (κ3) is 2.37. The van der Waals surface area contributed by atoms with Crippen LogP contribution in [0.4, 0.5) is 0 Å². The Balaban J connectivity index is 1.64. The van der Waals surface area contributed by atoms with Gasteiger partial charge in [0, 0.05) is 29.2 Å². The predicted molar refractivity (Wildman–Crippen MR) is 120 cm³/mol. The van der Waals surface area contributed by atoms with E-state index in [4.69, 9.17) is 9.15 Å². The van der Waals surface area contributed by atoms with Gasteiger partial charge in [0.2, 0.25) is 0 Å². The highest BCUT2D eigenvalue weighted by Crippen LogP contribution is 2.71. The van der Waals surface area contributed by atoms with Gasteiger partial charge in [-0.3, -0.25) is 4.79 Å². The minimum Gasteiger partial charge on any atom is -0.481 e. The Hall–Kier alpha value is -1.84. The minimum absolute atomic E-state index is 0.0892. The molecule has 31 heavy (non-hydrogen) atoms. The molecular weight excluding hydrogens is 388 g/mol. The fourth-order valence-corrected chi connectivity index (χ4v) is 8.43. The van der Waals surface area contributed by atoms with Crippen molar-refractivity contribution < 1.29 is 13.9 Å². The van der Waals surface area contributed by atoms with E-state index in [-0.39, 0.29) is 21.9 Å². The van der Waals surface area contributed by atoms with Crippen LogP contribution in [0.5, 0.6) is 5.75 Å². The van der Waals surface area contributed by atoms with Crippen LogP contribution in [0.3, 0.4) is 0 Å². The summed E-state index contributed by atoms with van der Waals surface area (Å²) in [5.41, 5.74) is 1.58. The molecule has 3 saturated carbocycles. The summed E-state index contributed by atoms with van der Waals surface area (Å²) in [5.74, 6) is 2.59. The zero-order valence-corrected chi connectivity index (χ0v) is 19.9. The molecule has 1 aliphatic heterocycles. The molecule has 3 fully saturated rings. The molecule has 0 amide bonds. The lowest BCUT2D eigenvalue weighted by Gasteiger charge is -2.67. The van der Waals surface area contributed by atoms with E-state index in [1.165, 1.54) is 0 Å². The molecule has 2 heterocycles. The maximum atomic E-state index is 12.8. The Bertz CT molecular complexity index is 1060. The quantitative estimate of drug-likeness (QED) is 0.501. The molecule has 5 rings (SSSR count). The van der Waals surface area contributed by atoms with E-state index in [1.54, 1.807) is 0 Å². The van der Waals surface area contributed by atoms with Gasteiger partial charge in [-0.25, -0.2) is 4.79 Å². The second-order valence-electron chi connectivity index (χ2n) is 11.8. The molecule has 4 aliphatic rings. The van der Waals surface area contributed by atoms with E-state index >= 15 is 0 Å². The van der Waals surface area contributed by atoms with Crippen LogP contribution >= 0.6 is 0 Å². The van der Waals surface area contributed by atoms with Gasteiger partial charge in [0.15, 0.2) is 0 Å². The molecule has 0 aromatic carbocycles. The monoisotopic (exact) mass is 424 g/mol. The van der Waals surface area contributed by atoms with E-state index in [0.717, 1.165) is 49.0 Å². The van der Waals surface area contributed by atoms with Crippen molar-refractivity contribution in [2.45, 2.75) is 92.1 Å². The average molecular weight is 425 g/mol. The SMILES string of the molecule is C=C1CC[C@@H]2[C@@]3(C)CCC(=O)C(C)(C)[C@@H]3CC[C@@]2(C)[C@]12Cc1c(c(C)c(C)oc1=O)O2. The Kier molecular flexibility index (Phi) is 4.17. The molecule has 0 bridgehead atoms. The Morgan fingerprint density at radius 2 is 1.68 bits per heavy atom. The molecule has 0 radical (unpaired) electrons. The van der Waals surface area contributed by atoms with Crippen LogP contribution in [0.2, 0.25) is 0 Å². The number of carbonyl (C=O) groups is 1. The number of ether oxygens (including phenoxy) is 1. The molecule has 0 saturated heterocycles. The zero-order valence-electron chi connectivity index (χ0n) is 19.9. The van der Waals surface area contributed by atoms with Gasteiger partial charge in [0.1, 0.15) is 22.9 Å². The number of rotatable bonds is 0. The maximum Gasteiger partial charge on any atom is 0.343 e. The van der Waals surface area contributed by atoms with Crippen LogP contribution in [-0.4, -0.2) is 11.4 Å². The predicted octanol–water partition coefficient (Wildman–Crippen LogP) is 5.71. The molecular formula is C27H36O4. The van der Waals surface area contributed by atoms with Crippen molar-refractivity contribution in [2.24, 2.45) is 28.1 Å². The highest BCUT2D eigenvalue weighted by atomic mass is 16.5. The Labute approximate surface area is 185 Å². The molecule has 4 nitrogen and oxygen atoms in total. The van der Waals surface area contributed by atoms with E-state index in [2.05, 4.69) is 34.3 Å². The van der Waals surface area contributed by atoms with Crippen LogP contribution in [0.1, 0.15) is 83.1 Å². The lowest BCUT2D eigenvalue weighted by atomic mass is 9.38. The average Bonchev–Trinajstić information content (AvgIpc) is 3.11. The van der Waals surface area contributed by atoms with Gasteiger partial charge < -0.3 is 9.15 Å². The summed E-state index contributed by atoms with van der Waals surface area (Å²) < 4.78 is 12.4. The van der Waals surface area contributed by atoms with Gasteiger partial charge in [-0.05, 0) is 68.8 Å². The zero-order chi connectivity index (χ0) is 22.6. The van der Waals surface area contributed by atoms with E-state index in [9.17, 15) is 9.59 Å². The summed E-state index contributed by atoms with van der Waals surface area (Å²) in [6.07, 6.45) is 6.18. The van der Waals surface area contributed by atoms with Crippen LogP contribution in [0.15, 0.2) is 21.4 Å². The number of fused-ring (bicyclic) bond motifs is 5. The standard InChI is InChI=1S/C27H36O4/c1-15-8-9-20-25(6)12-11-21(28)24(4,5)19(25)10-13-26(20,7)27(15)14-18-22(31-27)16(2)17(3)30-23(18)29/h19-20H,1,8-14H2,2-7H3/t19-,20+,25-,26+,27-/m0/s1. The molecule has 1 aromatic heterocycles. The van der Waals surface area contributed by atoms with Crippen LogP contribution < -0.4 is 10.4 Å². The van der Waals surface area contributed by atoms with Gasteiger partial charge in [-0.1, -0.05) is 34.3 Å². The third-order valence-electron chi connectivity index (χ3n) is 10.4. The molecule has 3 aliphatic carbocycles. The van der Waals surface area contributed by atoms with Crippen molar-refractivity contribution in [2.75, 3.05) is 0 Å². The highest BCUT2D eigenvalue weighted by molar-refractivity contribution is 5.85. The largest absolute Gasteiger partial charge is 0.481 e. The number of Topliss-reactive ketones (excluding diaryl/α,β-unsaturated/α-hetero) is 1. The first kappa shape index (κ1) is 21.0. The summed E-state index contributed by atoms with van der Waals surface area (Å²) in [5, 5.41) is 0. The van der Waals surface area contributed by atoms with E-state index < -0.39 is 5.60 Å². The molecule has 1 aromatic rings. The van der Waals surface area contributed by atoms with Crippen molar-refractivity contribution in [3.63, 3.8) is 0 Å². The first-order valence-corrected chi connectivity index (χ1v) is 11.9. The summed E-state index contributed by atoms with van der Waals surface area (Å²) in [6, 6.07) is 0. The van der Waals surface area contributed by atoms with E-state index in [0.29, 0.717) is 41.8 Å². The smallest absolute Gasteiger partial charge is 0.343 e. The van der Waals surface area contributed by atoms with Crippen LogP contribution in [-0.2, 0) is 11.2 Å². The summed E-state index contributed by atoms with van der Waals surface area (Å²) >= 11 is 0. The third-order valence-corrected chi connectivity index (χ3v) is 10.4. The molecule has 5 atom stereocenters. The summed E-state index contributed by atoms with van der Waals surface area (Å²) in [6.45, 7) is 17.5. The van der Waals surface area contributed by atoms with E-state index in [1.807, 2.05) is 13.8 Å². The minimum atomic E-state index is -0.564.